The van der Waals surface area contributed by atoms with Crippen molar-refractivity contribution in [3.8, 4) is 5.75 Å². The second-order valence-corrected chi connectivity index (χ2v) is 3.88. The number of amides is 1. The van der Waals surface area contributed by atoms with Gasteiger partial charge in [-0.15, -0.1) is 0 Å². The number of carbonyl (C=O) groups excluding carboxylic acids is 1. The van der Waals surface area contributed by atoms with Gasteiger partial charge in [0.05, 0.1) is 13.5 Å². The molecular weight excluding hydrogens is 190 g/mol. The molecule has 0 bridgehead atoms. The molecule has 1 aromatic carbocycles. The largest absolute Gasteiger partial charge is 0.497 e. The highest BCUT2D eigenvalue weighted by Crippen LogP contribution is 2.21. The number of methoxy groups -OCH3 is 1. The highest BCUT2D eigenvalue weighted by atomic mass is 16.5. The summed E-state index contributed by atoms with van der Waals surface area (Å²) in [6.45, 7) is 0.791. The summed E-state index contributed by atoms with van der Waals surface area (Å²) in [5.41, 5.74) is 2.36. The summed E-state index contributed by atoms with van der Waals surface area (Å²) in [7, 11) is 3.52. The Morgan fingerprint density at radius 3 is 2.87 bits per heavy atom. The van der Waals surface area contributed by atoms with Crippen molar-refractivity contribution in [2.75, 3.05) is 20.7 Å². The first kappa shape index (κ1) is 10.0. The van der Waals surface area contributed by atoms with Crippen LogP contribution in [0.1, 0.15) is 11.1 Å². The van der Waals surface area contributed by atoms with Gasteiger partial charge in [-0.2, -0.15) is 0 Å². The molecule has 0 atom stereocenters. The Kier molecular flexibility index (Phi) is 2.62. The normalized spacial score (nSPS) is 15.9. The summed E-state index contributed by atoms with van der Waals surface area (Å²) >= 11 is 0. The van der Waals surface area contributed by atoms with Gasteiger partial charge in [0.25, 0.3) is 0 Å². The van der Waals surface area contributed by atoms with Crippen molar-refractivity contribution in [1.82, 2.24) is 4.90 Å². The first-order valence-corrected chi connectivity index (χ1v) is 5.10. The average Bonchev–Trinajstić information content (AvgIpc) is 2.39. The van der Waals surface area contributed by atoms with Gasteiger partial charge in [0, 0.05) is 13.6 Å². The number of likely N-dealkylation sites (N-methyl/N-ethyl adjacent to an activating group) is 1. The molecule has 2 rings (SSSR count). The Hall–Kier alpha value is -1.51. The molecule has 0 aromatic heterocycles. The number of hydrogen-bond donors (Lipinski definition) is 0. The Labute approximate surface area is 89.7 Å². The van der Waals surface area contributed by atoms with Crippen molar-refractivity contribution < 1.29 is 9.53 Å². The first-order valence-electron chi connectivity index (χ1n) is 5.10. The maximum absolute atomic E-state index is 11.6. The fraction of sp³-hybridized carbons (Fsp3) is 0.417. The fourth-order valence-electron chi connectivity index (χ4n) is 1.85. The Morgan fingerprint density at radius 1 is 1.33 bits per heavy atom. The van der Waals surface area contributed by atoms with E-state index in [0.717, 1.165) is 24.3 Å². The summed E-state index contributed by atoms with van der Waals surface area (Å²) in [5, 5.41) is 0. The van der Waals surface area contributed by atoms with Crippen molar-refractivity contribution >= 4 is 5.91 Å². The van der Waals surface area contributed by atoms with Gasteiger partial charge in [-0.3, -0.25) is 4.79 Å². The van der Waals surface area contributed by atoms with Crippen LogP contribution < -0.4 is 4.74 Å². The lowest BCUT2D eigenvalue weighted by Gasteiger charge is -2.12. The summed E-state index contributed by atoms with van der Waals surface area (Å²) < 4.78 is 5.18. The molecule has 0 fully saturated rings. The minimum atomic E-state index is 0.193. The van der Waals surface area contributed by atoms with Gasteiger partial charge >= 0.3 is 0 Å². The maximum Gasteiger partial charge on any atom is 0.226 e. The van der Waals surface area contributed by atoms with Crippen molar-refractivity contribution in [3.05, 3.63) is 29.3 Å². The SMILES string of the molecule is COc1ccc2c(c1)CCN(C)C(=O)C2. The summed E-state index contributed by atoms with van der Waals surface area (Å²) in [6.07, 6.45) is 1.42. The molecule has 0 saturated heterocycles. The number of hydrogen-bond acceptors (Lipinski definition) is 2. The molecule has 1 aliphatic heterocycles. The third-order valence-corrected chi connectivity index (χ3v) is 2.90. The Morgan fingerprint density at radius 2 is 2.13 bits per heavy atom. The second-order valence-electron chi connectivity index (χ2n) is 3.88. The zero-order valence-electron chi connectivity index (χ0n) is 9.12. The lowest BCUT2D eigenvalue weighted by Crippen LogP contribution is -2.27. The molecule has 1 amide bonds. The number of rotatable bonds is 1. The average molecular weight is 205 g/mol. The van der Waals surface area contributed by atoms with Crippen molar-refractivity contribution in [3.63, 3.8) is 0 Å². The lowest BCUT2D eigenvalue weighted by molar-refractivity contribution is -0.128. The summed E-state index contributed by atoms with van der Waals surface area (Å²) in [4.78, 5) is 13.4. The number of benzene rings is 1. The molecule has 1 aromatic rings. The summed E-state index contributed by atoms with van der Waals surface area (Å²) in [5.74, 6) is 1.06. The van der Waals surface area contributed by atoms with Gasteiger partial charge in [0.2, 0.25) is 5.91 Å². The number of carbonyl (C=O) groups is 1. The molecule has 3 heteroatoms. The molecule has 0 saturated carbocycles. The monoisotopic (exact) mass is 205 g/mol. The van der Waals surface area contributed by atoms with Crippen LogP contribution in [0.5, 0.6) is 5.75 Å². The van der Waals surface area contributed by atoms with Crippen LogP contribution >= 0.6 is 0 Å². The molecule has 0 N–H and O–H groups in total. The number of nitrogens with zero attached hydrogens (tertiary/aromatic N) is 1. The summed E-state index contributed by atoms with van der Waals surface area (Å²) in [6, 6.07) is 5.93. The number of fused-ring (bicyclic) bond motifs is 1. The maximum atomic E-state index is 11.6. The van der Waals surface area contributed by atoms with E-state index in [1.165, 1.54) is 5.56 Å². The Balaban J connectivity index is 2.34. The molecule has 0 radical (unpaired) electrons. The zero-order valence-corrected chi connectivity index (χ0v) is 9.12. The quantitative estimate of drug-likeness (QED) is 0.690. The van der Waals surface area contributed by atoms with E-state index in [0.29, 0.717) is 6.42 Å². The highest BCUT2D eigenvalue weighted by molar-refractivity contribution is 5.79. The minimum Gasteiger partial charge on any atom is -0.497 e. The van der Waals surface area contributed by atoms with Crippen LogP contribution in [-0.4, -0.2) is 31.5 Å². The van der Waals surface area contributed by atoms with Gasteiger partial charge in [0.15, 0.2) is 0 Å². The standard InChI is InChI=1S/C12H15NO2/c1-13-6-5-10-7-11(15-2)4-3-9(10)8-12(13)14/h3-4,7H,5-6,8H2,1-2H3. The van der Waals surface area contributed by atoms with E-state index in [1.54, 1.807) is 12.0 Å². The van der Waals surface area contributed by atoms with Crippen LogP contribution in [0.4, 0.5) is 0 Å². The lowest BCUT2D eigenvalue weighted by atomic mass is 10.0. The number of ether oxygens (including phenoxy) is 1. The predicted molar refractivity (Wildman–Crippen MR) is 58.0 cm³/mol. The van der Waals surface area contributed by atoms with Crippen LogP contribution in [0.15, 0.2) is 18.2 Å². The van der Waals surface area contributed by atoms with E-state index in [4.69, 9.17) is 4.74 Å². The van der Waals surface area contributed by atoms with Crippen molar-refractivity contribution in [2.24, 2.45) is 0 Å². The van der Waals surface area contributed by atoms with Gasteiger partial charge in [-0.1, -0.05) is 6.07 Å². The highest BCUT2D eigenvalue weighted by Gasteiger charge is 2.17. The van der Waals surface area contributed by atoms with Crippen LogP contribution in [0.25, 0.3) is 0 Å². The fourth-order valence-corrected chi connectivity index (χ4v) is 1.85. The smallest absolute Gasteiger partial charge is 0.226 e. The minimum absolute atomic E-state index is 0.193. The van der Waals surface area contributed by atoms with Gasteiger partial charge in [0.1, 0.15) is 5.75 Å². The topological polar surface area (TPSA) is 29.5 Å². The van der Waals surface area contributed by atoms with Gasteiger partial charge in [-0.05, 0) is 29.7 Å². The van der Waals surface area contributed by atoms with Crippen LogP contribution in [0.2, 0.25) is 0 Å². The molecular formula is C12H15NO2. The van der Waals surface area contributed by atoms with Crippen LogP contribution in [-0.2, 0) is 17.6 Å². The van der Waals surface area contributed by atoms with Gasteiger partial charge in [-0.25, -0.2) is 0 Å². The molecule has 0 spiro atoms. The molecule has 80 valence electrons. The molecule has 15 heavy (non-hydrogen) atoms. The first-order chi connectivity index (χ1) is 7.20. The predicted octanol–water partition coefficient (Wildman–Crippen LogP) is 1.25. The van der Waals surface area contributed by atoms with Crippen LogP contribution in [0.3, 0.4) is 0 Å². The van der Waals surface area contributed by atoms with E-state index in [2.05, 4.69) is 0 Å². The van der Waals surface area contributed by atoms with Crippen molar-refractivity contribution in [2.45, 2.75) is 12.8 Å². The molecule has 1 aliphatic rings. The van der Waals surface area contributed by atoms with Crippen LogP contribution in [0, 0.1) is 0 Å². The van der Waals surface area contributed by atoms with E-state index >= 15 is 0 Å². The van der Waals surface area contributed by atoms with Gasteiger partial charge < -0.3 is 9.64 Å². The van der Waals surface area contributed by atoms with Crippen molar-refractivity contribution in [1.29, 1.82) is 0 Å². The zero-order chi connectivity index (χ0) is 10.8. The molecule has 0 unspecified atom stereocenters. The van der Waals surface area contributed by atoms with E-state index in [9.17, 15) is 4.79 Å². The molecule has 1 heterocycles. The van der Waals surface area contributed by atoms with E-state index in [1.807, 2.05) is 25.2 Å². The third-order valence-electron chi connectivity index (χ3n) is 2.90. The van der Waals surface area contributed by atoms with E-state index < -0.39 is 0 Å². The van der Waals surface area contributed by atoms with E-state index in [-0.39, 0.29) is 5.91 Å². The molecule has 3 nitrogen and oxygen atoms in total. The third kappa shape index (κ3) is 1.96. The second kappa shape index (κ2) is 3.93. The Bertz CT molecular complexity index is 387. The molecule has 0 aliphatic carbocycles.